The van der Waals surface area contributed by atoms with Crippen LogP contribution in [0, 0.1) is 0 Å². The number of amides is 1. The van der Waals surface area contributed by atoms with Gasteiger partial charge in [-0.2, -0.15) is 5.10 Å². The lowest BCUT2D eigenvalue weighted by atomic mass is 10.2. The fraction of sp³-hybridized carbons (Fsp3) is 0.692. The first-order valence-electron chi connectivity index (χ1n) is 6.94. The number of hydrogen-bond acceptors (Lipinski definition) is 4. The Hall–Kier alpha value is -1.11. The van der Waals surface area contributed by atoms with Crippen LogP contribution in [0.5, 0.6) is 0 Å². The fourth-order valence-corrected chi connectivity index (χ4v) is 2.56. The molecule has 1 amide bonds. The Balaban J connectivity index is 1.91. The van der Waals surface area contributed by atoms with E-state index in [1.165, 1.54) is 6.20 Å². The zero-order valence-corrected chi connectivity index (χ0v) is 12.7. The SMILES string of the molecule is CCn1ncc(Cl)c1C(=O)N[C@@H](C)CN1CCOCC1. The molecule has 2 heterocycles. The van der Waals surface area contributed by atoms with Crippen LogP contribution in [0.15, 0.2) is 6.20 Å². The molecule has 0 bridgehead atoms. The Morgan fingerprint density at radius 1 is 1.55 bits per heavy atom. The molecular formula is C13H21ClN4O2. The van der Waals surface area contributed by atoms with Gasteiger partial charge in [-0.05, 0) is 13.8 Å². The molecule has 2 rings (SSSR count). The summed E-state index contributed by atoms with van der Waals surface area (Å²) >= 11 is 6.02. The smallest absolute Gasteiger partial charge is 0.271 e. The lowest BCUT2D eigenvalue weighted by Crippen LogP contribution is -2.46. The van der Waals surface area contributed by atoms with Crippen molar-refractivity contribution < 1.29 is 9.53 Å². The van der Waals surface area contributed by atoms with Crippen LogP contribution < -0.4 is 5.32 Å². The number of carbonyl (C=O) groups is 1. The van der Waals surface area contributed by atoms with Crippen molar-refractivity contribution in [3.8, 4) is 0 Å². The van der Waals surface area contributed by atoms with Gasteiger partial charge in [0.15, 0.2) is 0 Å². The molecule has 1 saturated heterocycles. The van der Waals surface area contributed by atoms with Gasteiger partial charge in [0, 0.05) is 32.2 Å². The summed E-state index contributed by atoms with van der Waals surface area (Å²) in [6.45, 7) is 8.69. The molecule has 0 spiro atoms. The van der Waals surface area contributed by atoms with Crippen molar-refractivity contribution in [3.05, 3.63) is 16.9 Å². The van der Waals surface area contributed by atoms with E-state index in [0.29, 0.717) is 17.3 Å². The van der Waals surface area contributed by atoms with Gasteiger partial charge >= 0.3 is 0 Å². The van der Waals surface area contributed by atoms with Gasteiger partial charge in [0.25, 0.3) is 5.91 Å². The molecule has 1 aromatic heterocycles. The average Bonchev–Trinajstić information content (AvgIpc) is 2.80. The average molecular weight is 301 g/mol. The van der Waals surface area contributed by atoms with Crippen LogP contribution in [0.3, 0.4) is 0 Å². The zero-order chi connectivity index (χ0) is 14.5. The maximum Gasteiger partial charge on any atom is 0.271 e. The molecule has 112 valence electrons. The third-order valence-corrected chi connectivity index (χ3v) is 3.60. The van der Waals surface area contributed by atoms with Gasteiger partial charge in [-0.3, -0.25) is 14.4 Å². The van der Waals surface area contributed by atoms with Gasteiger partial charge in [-0.1, -0.05) is 11.6 Å². The van der Waals surface area contributed by atoms with Crippen molar-refractivity contribution in [3.63, 3.8) is 0 Å². The van der Waals surface area contributed by atoms with E-state index in [1.54, 1.807) is 4.68 Å². The van der Waals surface area contributed by atoms with Gasteiger partial charge < -0.3 is 10.1 Å². The lowest BCUT2D eigenvalue weighted by Gasteiger charge is -2.29. The summed E-state index contributed by atoms with van der Waals surface area (Å²) in [7, 11) is 0. The second kappa shape index (κ2) is 7.06. The minimum absolute atomic E-state index is 0.0527. The molecule has 0 unspecified atom stereocenters. The maximum atomic E-state index is 12.3. The number of nitrogens with zero attached hydrogens (tertiary/aromatic N) is 3. The monoisotopic (exact) mass is 300 g/mol. The van der Waals surface area contributed by atoms with Gasteiger partial charge in [0.05, 0.1) is 24.4 Å². The standard InChI is InChI=1S/C13H21ClN4O2/c1-3-18-12(11(14)8-15-18)13(19)16-10(2)9-17-4-6-20-7-5-17/h8,10H,3-7,9H2,1-2H3,(H,16,19)/t10-/m0/s1. The van der Waals surface area contributed by atoms with Crippen molar-refractivity contribution >= 4 is 17.5 Å². The Bertz CT molecular complexity index is 457. The predicted octanol–water partition coefficient (Wildman–Crippen LogP) is 1.01. The Kier molecular flexibility index (Phi) is 5.39. The summed E-state index contributed by atoms with van der Waals surface area (Å²) in [5.41, 5.74) is 0.433. The largest absolute Gasteiger partial charge is 0.379 e. The number of nitrogens with one attached hydrogen (secondary N) is 1. The molecule has 6 nitrogen and oxygen atoms in total. The lowest BCUT2D eigenvalue weighted by molar-refractivity contribution is 0.0342. The molecule has 0 aliphatic carbocycles. The van der Waals surface area contributed by atoms with Crippen LogP contribution in [0.25, 0.3) is 0 Å². The molecule has 0 saturated carbocycles. The molecular weight excluding hydrogens is 280 g/mol. The molecule has 1 aliphatic rings. The topological polar surface area (TPSA) is 59.4 Å². The number of morpholine rings is 1. The number of aromatic nitrogens is 2. The first kappa shape index (κ1) is 15.3. The molecule has 1 N–H and O–H groups in total. The summed E-state index contributed by atoms with van der Waals surface area (Å²) in [6.07, 6.45) is 1.51. The van der Waals surface area contributed by atoms with E-state index in [9.17, 15) is 4.79 Å². The fourth-order valence-electron chi connectivity index (χ4n) is 2.34. The van der Waals surface area contributed by atoms with E-state index in [2.05, 4.69) is 15.3 Å². The Morgan fingerprint density at radius 2 is 2.25 bits per heavy atom. The second-order valence-electron chi connectivity index (χ2n) is 4.94. The quantitative estimate of drug-likeness (QED) is 0.881. The molecule has 0 radical (unpaired) electrons. The highest BCUT2D eigenvalue weighted by Crippen LogP contribution is 2.15. The minimum Gasteiger partial charge on any atom is -0.379 e. The molecule has 1 aliphatic heterocycles. The second-order valence-corrected chi connectivity index (χ2v) is 5.35. The Morgan fingerprint density at radius 3 is 2.90 bits per heavy atom. The summed E-state index contributed by atoms with van der Waals surface area (Å²) < 4.78 is 6.92. The summed E-state index contributed by atoms with van der Waals surface area (Å²) in [6, 6.07) is 0.0527. The third kappa shape index (κ3) is 3.71. The van der Waals surface area contributed by atoms with Crippen LogP contribution in [0.2, 0.25) is 5.02 Å². The highest BCUT2D eigenvalue weighted by Gasteiger charge is 2.20. The van der Waals surface area contributed by atoms with Crippen LogP contribution in [-0.2, 0) is 11.3 Å². The van der Waals surface area contributed by atoms with Crippen molar-refractivity contribution in [2.75, 3.05) is 32.8 Å². The first-order valence-corrected chi connectivity index (χ1v) is 7.32. The van der Waals surface area contributed by atoms with Gasteiger partial charge in [-0.15, -0.1) is 0 Å². The van der Waals surface area contributed by atoms with Crippen LogP contribution >= 0.6 is 11.6 Å². The summed E-state index contributed by atoms with van der Waals surface area (Å²) in [5, 5.41) is 7.45. The van der Waals surface area contributed by atoms with Crippen molar-refractivity contribution in [2.24, 2.45) is 0 Å². The van der Waals surface area contributed by atoms with Crippen LogP contribution in [0.1, 0.15) is 24.3 Å². The van der Waals surface area contributed by atoms with Gasteiger partial charge in [0.1, 0.15) is 5.69 Å². The maximum absolute atomic E-state index is 12.3. The predicted molar refractivity (Wildman–Crippen MR) is 77.1 cm³/mol. The summed E-state index contributed by atoms with van der Waals surface area (Å²) in [5.74, 6) is -0.171. The van der Waals surface area contributed by atoms with E-state index in [-0.39, 0.29) is 11.9 Å². The molecule has 0 aromatic carbocycles. The molecule has 1 fully saturated rings. The molecule has 1 aromatic rings. The van der Waals surface area contributed by atoms with E-state index < -0.39 is 0 Å². The number of aryl methyl sites for hydroxylation is 1. The minimum atomic E-state index is -0.171. The number of halogens is 1. The molecule has 7 heteroatoms. The van der Waals surface area contributed by atoms with Gasteiger partial charge in [0.2, 0.25) is 0 Å². The molecule has 1 atom stereocenters. The van der Waals surface area contributed by atoms with Crippen molar-refractivity contribution in [1.29, 1.82) is 0 Å². The summed E-state index contributed by atoms with van der Waals surface area (Å²) in [4.78, 5) is 14.5. The van der Waals surface area contributed by atoms with E-state index in [4.69, 9.17) is 16.3 Å². The van der Waals surface area contributed by atoms with E-state index in [1.807, 2.05) is 13.8 Å². The Labute approximate surface area is 124 Å². The normalized spacial score (nSPS) is 17.9. The first-order chi connectivity index (χ1) is 9.61. The van der Waals surface area contributed by atoms with Crippen LogP contribution in [0.4, 0.5) is 0 Å². The number of hydrogen-bond donors (Lipinski definition) is 1. The number of rotatable bonds is 5. The number of carbonyl (C=O) groups excluding carboxylic acids is 1. The van der Waals surface area contributed by atoms with Gasteiger partial charge in [-0.25, -0.2) is 0 Å². The van der Waals surface area contributed by atoms with E-state index >= 15 is 0 Å². The van der Waals surface area contributed by atoms with E-state index in [0.717, 1.165) is 32.8 Å². The highest BCUT2D eigenvalue weighted by molar-refractivity contribution is 6.33. The van der Waals surface area contributed by atoms with Crippen molar-refractivity contribution in [1.82, 2.24) is 20.0 Å². The van der Waals surface area contributed by atoms with Crippen LogP contribution in [-0.4, -0.2) is 59.5 Å². The number of ether oxygens (including phenoxy) is 1. The highest BCUT2D eigenvalue weighted by atomic mass is 35.5. The molecule has 20 heavy (non-hydrogen) atoms. The van der Waals surface area contributed by atoms with Crippen molar-refractivity contribution in [2.45, 2.75) is 26.4 Å². The zero-order valence-electron chi connectivity index (χ0n) is 11.9. The third-order valence-electron chi connectivity index (χ3n) is 3.32.